The van der Waals surface area contributed by atoms with E-state index in [1.54, 1.807) is 7.05 Å². The third-order valence-corrected chi connectivity index (χ3v) is 3.18. The Labute approximate surface area is 92.1 Å². The van der Waals surface area contributed by atoms with Gasteiger partial charge in [-0.25, -0.2) is 0 Å². The molecule has 6 nitrogen and oxygen atoms in total. The van der Waals surface area contributed by atoms with Crippen molar-refractivity contribution in [2.45, 2.75) is 30.2 Å². The maximum atomic E-state index is 9.50. The predicted molar refractivity (Wildman–Crippen MR) is 57.5 cm³/mol. The summed E-state index contributed by atoms with van der Waals surface area (Å²) in [6.07, 6.45) is -2.46. The van der Waals surface area contributed by atoms with Gasteiger partial charge in [0.2, 0.25) is 0 Å². The van der Waals surface area contributed by atoms with Crippen LogP contribution in [0.2, 0.25) is 0 Å². The van der Waals surface area contributed by atoms with Crippen molar-refractivity contribution in [1.82, 2.24) is 0 Å². The molecule has 1 heterocycles. The lowest BCUT2D eigenvalue weighted by Crippen LogP contribution is -2.49. The molecule has 0 aromatic carbocycles. The summed E-state index contributed by atoms with van der Waals surface area (Å²) in [6.45, 7) is -0.335. The molecule has 1 aliphatic rings. The molecule has 0 amide bonds. The highest BCUT2D eigenvalue weighted by Gasteiger charge is 2.36. The average Bonchev–Trinajstić information content (AvgIpc) is 2.22. The largest absolute Gasteiger partial charge is 0.394 e. The van der Waals surface area contributed by atoms with Crippen LogP contribution < -0.4 is 5.73 Å². The lowest BCUT2D eigenvalue weighted by molar-refractivity contribution is -0.156. The summed E-state index contributed by atoms with van der Waals surface area (Å²) in [5.74, 6) is 0. The molecule has 0 radical (unpaired) electrons. The van der Waals surface area contributed by atoms with E-state index in [2.05, 4.69) is 4.99 Å². The fraction of sp³-hybridized carbons (Fsp3) is 0.875. The molecule has 4 atom stereocenters. The molecular formula is C8H16N2O4S. The molecule has 0 saturated carbocycles. The summed E-state index contributed by atoms with van der Waals surface area (Å²) in [5, 5.41) is 28.2. The fourth-order valence-corrected chi connectivity index (χ4v) is 2.20. The van der Waals surface area contributed by atoms with Crippen molar-refractivity contribution in [3.8, 4) is 0 Å². The number of rotatable bonds is 2. The summed E-state index contributed by atoms with van der Waals surface area (Å²) in [6, 6.07) is 0. The van der Waals surface area contributed by atoms with E-state index in [0.29, 0.717) is 5.17 Å². The number of aliphatic hydroxyl groups excluding tert-OH is 3. The number of aliphatic hydroxyl groups is 3. The zero-order chi connectivity index (χ0) is 11.4. The zero-order valence-corrected chi connectivity index (χ0v) is 9.22. The smallest absolute Gasteiger partial charge is 0.156 e. The number of thioether (sulfide) groups is 1. The van der Waals surface area contributed by atoms with E-state index in [4.69, 9.17) is 15.6 Å². The minimum atomic E-state index is -1.05. The SMILES string of the molecule is CN=C(N)SC1CC(O)C(O)C(CO)O1. The maximum absolute atomic E-state index is 9.50. The Morgan fingerprint density at radius 2 is 2.27 bits per heavy atom. The molecule has 1 rings (SSSR count). The van der Waals surface area contributed by atoms with Crippen LogP contribution in [-0.2, 0) is 4.74 Å². The van der Waals surface area contributed by atoms with Gasteiger partial charge in [-0.3, -0.25) is 4.99 Å². The Kier molecular flexibility index (Phi) is 4.81. The number of hydrogen-bond donors (Lipinski definition) is 4. The van der Waals surface area contributed by atoms with E-state index in [0.717, 1.165) is 0 Å². The fourth-order valence-electron chi connectivity index (χ4n) is 1.33. The van der Waals surface area contributed by atoms with Gasteiger partial charge in [0.25, 0.3) is 0 Å². The minimum absolute atomic E-state index is 0.262. The summed E-state index contributed by atoms with van der Waals surface area (Å²) in [7, 11) is 1.56. The van der Waals surface area contributed by atoms with Crippen molar-refractivity contribution in [2.75, 3.05) is 13.7 Å². The second-order valence-electron chi connectivity index (χ2n) is 3.26. The van der Waals surface area contributed by atoms with Crippen molar-refractivity contribution in [2.24, 2.45) is 10.7 Å². The maximum Gasteiger partial charge on any atom is 0.156 e. The second-order valence-corrected chi connectivity index (χ2v) is 4.44. The molecule has 0 aliphatic carbocycles. The first kappa shape index (κ1) is 12.7. The van der Waals surface area contributed by atoms with Crippen molar-refractivity contribution >= 4 is 16.9 Å². The highest BCUT2D eigenvalue weighted by atomic mass is 32.2. The lowest BCUT2D eigenvalue weighted by Gasteiger charge is -2.35. The second kappa shape index (κ2) is 5.66. The molecule has 1 fully saturated rings. The van der Waals surface area contributed by atoms with Crippen LogP contribution in [0.25, 0.3) is 0 Å². The van der Waals surface area contributed by atoms with Crippen molar-refractivity contribution in [3.05, 3.63) is 0 Å². The number of aliphatic imine (C=N–C) groups is 1. The molecule has 1 saturated heterocycles. The van der Waals surface area contributed by atoms with Crippen LogP contribution >= 0.6 is 11.8 Å². The molecule has 0 bridgehead atoms. The van der Waals surface area contributed by atoms with E-state index in [1.807, 2.05) is 0 Å². The predicted octanol–water partition coefficient (Wildman–Crippen LogP) is -1.51. The van der Waals surface area contributed by atoms with Crippen molar-refractivity contribution in [3.63, 3.8) is 0 Å². The van der Waals surface area contributed by atoms with Crippen LogP contribution in [0.3, 0.4) is 0 Å². The van der Waals surface area contributed by atoms with E-state index < -0.39 is 18.3 Å². The van der Waals surface area contributed by atoms with E-state index in [-0.39, 0.29) is 18.5 Å². The van der Waals surface area contributed by atoms with E-state index in [1.165, 1.54) is 11.8 Å². The number of hydrogen-bond acceptors (Lipinski definition) is 6. The number of nitrogens with two attached hydrogens (primary N) is 1. The Morgan fingerprint density at radius 1 is 1.60 bits per heavy atom. The summed E-state index contributed by atoms with van der Waals surface area (Å²) < 4.78 is 5.33. The summed E-state index contributed by atoms with van der Waals surface area (Å²) in [5.41, 5.74) is 5.11. The van der Waals surface area contributed by atoms with Gasteiger partial charge < -0.3 is 25.8 Å². The molecule has 0 aromatic rings. The Bertz CT molecular complexity index is 239. The van der Waals surface area contributed by atoms with Crippen LogP contribution in [0.4, 0.5) is 0 Å². The van der Waals surface area contributed by atoms with E-state index >= 15 is 0 Å². The van der Waals surface area contributed by atoms with Crippen molar-refractivity contribution < 1.29 is 20.1 Å². The summed E-state index contributed by atoms with van der Waals surface area (Å²) in [4.78, 5) is 3.75. The van der Waals surface area contributed by atoms with Gasteiger partial charge >= 0.3 is 0 Å². The molecule has 15 heavy (non-hydrogen) atoms. The van der Waals surface area contributed by atoms with Gasteiger partial charge in [-0.1, -0.05) is 11.8 Å². The number of ether oxygens (including phenoxy) is 1. The highest BCUT2D eigenvalue weighted by molar-refractivity contribution is 8.14. The molecular weight excluding hydrogens is 220 g/mol. The quantitative estimate of drug-likeness (QED) is 0.343. The molecule has 7 heteroatoms. The molecule has 5 N–H and O–H groups in total. The first-order valence-corrected chi connectivity index (χ1v) is 5.47. The molecule has 0 spiro atoms. The van der Waals surface area contributed by atoms with Crippen LogP contribution in [0.5, 0.6) is 0 Å². The Morgan fingerprint density at radius 3 is 2.80 bits per heavy atom. The first-order chi connectivity index (χ1) is 7.08. The number of amidine groups is 1. The summed E-state index contributed by atoms with van der Waals surface area (Å²) >= 11 is 1.17. The van der Waals surface area contributed by atoms with Gasteiger partial charge in [-0.2, -0.15) is 0 Å². The molecule has 88 valence electrons. The minimum Gasteiger partial charge on any atom is -0.394 e. The van der Waals surface area contributed by atoms with Crippen LogP contribution in [-0.4, -0.2) is 57.9 Å². The zero-order valence-electron chi connectivity index (χ0n) is 8.41. The normalized spacial score (nSPS) is 38.0. The molecule has 1 aliphatic heterocycles. The monoisotopic (exact) mass is 236 g/mol. The Hall–Kier alpha value is -0.340. The van der Waals surface area contributed by atoms with Gasteiger partial charge in [-0.15, -0.1) is 0 Å². The van der Waals surface area contributed by atoms with Crippen LogP contribution in [0.15, 0.2) is 4.99 Å². The van der Waals surface area contributed by atoms with Crippen molar-refractivity contribution in [1.29, 1.82) is 0 Å². The first-order valence-electron chi connectivity index (χ1n) is 4.59. The lowest BCUT2D eigenvalue weighted by atomic mass is 10.0. The Balaban J connectivity index is 2.55. The third kappa shape index (κ3) is 3.32. The molecule has 0 aromatic heterocycles. The third-order valence-electron chi connectivity index (χ3n) is 2.19. The van der Waals surface area contributed by atoms with Gasteiger partial charge in [0.15, 0.2) is 5.17 Å². The highest BCUT2D eigenvalue weighted by Crippen LogP contribution is 2.27. The molecule has 4 unspecified atom stereocenters. The van der Waals surface area contributed by atoms with Gasteiger partial charge in [0.05, 0.1) is 12.7 Å². The van der Waals surface area contributed by atoms with Crippen LogP contribution in [0, 0.1) is 0 Å². The van der Waals surface area contributed by atoms with Crippen LogP contribution in [0.1, 0.15) is 6.42 Å². The number of nitrogens with zero attached hydrogens (tertiary/aromatic N) is 1. The van der Waals surface area contributed by atoms with Gasteiger partial charge in [0, 0.05) is 13.5 Å². The van der Waals surface area contributed by atoms with Gasteiger partial charge in [-0.05, 0) is 0 Å². The van der Waals surface area contributed by atoms with E-state index in [9.17, 15) is 10.2 Å². The topological polar surface area (TPSA) is 108 Å². The standard InChI is InChI=1S/C8H16N2O4S/c1-10-8(9)15-6-2-4(12)7(13)5(3-11)14-6/h4-7,11-13H,2-3H2,1H3,(H2,9,10). The van der Waals surface area contributed by atoms with Gasteiger partial charge in [0.1, 0.15) is 17.6 Å². The average molecular weight is 236 g/mol.